The molecule has 1 aliphatic heterocycles. The molecule has 14 heavy (non-hydrogen) atoms. The number of carbonyl (C=O) groups excluding carboxylic acids is 1. The fourth-order valence-corrected chi connectivity index (χ4v) is 2.25. The van der Waals surface area contributed by atoms with Crippen molar-refractivity contribution >= 4 is 17.7 Å². The summed E-state index contributed by atoms with van der Waals surface area (Å²) in [6.45, 7) is 1.88. The van der Waals surface area contributed by atoms with E-state index in [1.807, 2.05) is 23.7 Å². The minimum Gasteiger partial charge on any atom is -0.341 e. The molecule has 0 aromatic heterocycles. The van der Waals surface area contributed by atoms with Gasteiger partial charge in [0.15, 0.2) is 0 Å². The van der Waals surface area contributed by atoms with Gasteiger partial charge in [-0.25, -0.2) is 0 Å². The van der Waals surface area contributed by atoms with E-state index in [0.717, 1.165) is 38.1 Å². The smallest absolute Gasteiger partial charge is 0.239 e. The van der Waals surface area contributed by atoms with Gasteiger partial charge in [0.2, 0.25) is 5.91 Å². The minimum absolute atomic E-state index is 0.0676. The lowest BCUT2D eigenvalue weighted by molar-refractivity contribution is -0.135. The van der Waals surface area contributed by atoms with Gasteiger partial charge in [-0.1, -0.05) is 0 Å². The van der Waals surface area contributed by atoms with E-state index < -0.39 is 0 Å². The maximum atomic E-state index is 11.8. The van der Waals surface area contributed by atoms with Gasteiger partial charge in [0.1, 0.15) is 0 Å². The highest BCUT2D eigenvalue weighted by atomic mass is 32.2. The molecule has 1 N–H and O–H groups in total. The maximum Gasteiger partial charge on any atom is 0.239 e. The number of thioether (sulfide) groups is 1. The van der Waals surface area contributed by atoms with Gasteiger partial charge in [-0.2, -0.15) is 11.8 Å². The maximum absolute atomic E-state index is 11.8. The molecule has 1 amide bonds. The van der Waals surface area contributed by atoms with E-state index in [-0.39, 0.29) is 6.04 Å². The van der Waals surface area contributed by atoms with Crippen LogP contribution in [0, 0.1) is 0 Å². The van der Waals surface area contributed by atoms with E-state index in [1.54, 1.807) is 0 Å². The molecule has 1 unspecified atom stereocenters. The standard InChI is InChI=1S/C10H20N2OS/c1-11-9-5-3-6-12(10(9)13)7-4-8-14-2/h9,11H,3-8H2,1-2H3. The largest absolute Gasteiger partial charge is 0.341 e. The fourth-order valence-electron chi connectivity index (χ4n) is 1.83. The summed E-state index contributed by atoms with van der Waals surface area (Å²) >= 11 is 1.84. The zero-order chi connectivity index (χ0) is 10.4. The number of hydrogen-bond donors (Lipinski definition) is 1. The molecule has 0 radical (unpaired) electrons. The van der Waals surface area contributed by atoms with Crippen LogP contribution in [0.2, 0.25) is 0 Å². The number of nitrogens with zero attached hydrogens (tertiary/aromatic N) is 1. The summed E-state index contributed by atoms with van der Waals surface area (Å²) in [5.74, 6) is 1.44. The fraction of sp³-hybridized carbons (Fsp3) is 0.900. The van der Waals surface area contributed by atoms with Crippen molar-refractivity contribution in [2.24, 2.45) is 0 Å². The second-order valence-corrected chi connectivity index (χ2v) is 4.64. The molecule has 82 valence electrons. The molecule has 3 nitrogen and oxygen atoms in total. The summed E-state index contributed by atoms with van der Waals surface area (Å²) in [6, 6.07) is 0.0676. The normalized spacial score (nSPS) is 22.9. The lowest BCUT2D eigenvalue weighted by Gasteiger charge is -2.32. The first-order chi connectivity index (χ1) is 6.79. The number of carbonyl (C=O) groups is 1. The van der Waals surface area contributed by atoms with Gasteiger partial charge in [-0.15, -0.1) is 0 Å². The third-order valence-corrected chi connectivity index (χ3v) is 3.35. The van der Waals surface area contributed by atoms with E-state index in [2.05, 4.69) is 11.6 Å². The molecule has 1 fully saturated rings. The zero-order valence-electron chi connectivity index (χ0n) is 9.08. The lowest BCUT2D eigenvalue weighted by Crippen LogP contribution is -2.49. The average molecular weight is 216 g/mol. The molecule has 0 saturated carbocycles. The summed E-state index contributed by atoms with van der Waals surface area (Å²) in [5.41, 5.74) is 0. The summed E-state index contributed by atoms with van der Waals surface area (Å²) in [7, 11) is 1.87. The van der Waals surface area contributed by atoms with Crippen LogP contribution in [-0.2, 0) is 4.79 Å². The molecule has 0 aromatic rings. The van der Waals surface area contributed by atoms with Crippen molar-refractivity contribution in [3.05, 3.63) is 0 Å². The predicted molar refractivity (Wildman–Crippen MR) is 61.7 cm³/mol. The van der Waals surface area contributed by atoms with Gasteiger partial charge in [-0.3, -0.25) is 4.79 Å². The molecule has 0 aliphatic carbocycles. The summed E-state index contributed by atoms with van der Waals surface area (Å²) < 4.78 is 0. The van der Waals surface area contributed by atoms with Crippen LogP contribution in [0.3, 0.4) is 0 Å². The number of likely N-dealkylation sites (tertiary alicyclic amines) is 1. The highest BCUT2D eigenvalue weighted by Gasteiger charge is 2.26. The molecule has 1 saturated heterocycles. The third kappa shape index (κ3) is 3.17. The van der Waals surface area contributed by atoms with Crippen LogP contribution in [0.15, 0.2) is 0 Å². The Morgan fingerprint density at radius 1 is 1.64 bits per heavy atom. The van der Waals surface area contributed by atoms with Gasteiger partial charge >= 0.3 is 0 Å². The molecule has 0 aromatic carbocycles. The van der Waals surface area contributed by atoms with Gasteiger partial charge in [0.25, 0.3) is 0 Å². The van der Waals surface area contributed by atoms with E-state index >= 15 is 0 Å². The van der Waals surface area contributed by atoms with E-state index in [4.69, 9.17) is 0 Å². The quantitative estimate of drug-likeness (QED) is 0.695. The lowest BCUT2D eigenvalue weighted by atomic mass is 10.1. The first-order valence-corrected chi connectivity index (χ1v) is 6.64. The minimum atomic E-state index is 0.0676. The molecule has 1 heterocycles. The van der Waals surface area contributed by atoms with Crippen molar-refractivity contribution in [2.75, 3.05) is 32.1 Å². The Morgan fingerprint density at radius 3 is 3.07 bits per heavy atom. The number of hydrogen-bond acceptors (Lipinski definition) is 3. The molecule has 0 spiro atoms. The van der Waals surface area contributed by atoms with Crippen LogP contribution in [0.1, 0.15) is 19.3 Å². The second-order valence-electron chi connectivity index (χ2n) is 3.66. The second kappa shape index (κ2) is 6.30. The first kappa shape index (κ1) is 11.9. The summed E-state index contributed by atoms with van der Waals surface area (Å²) in [4.78, 5) is 13.8. The molecule has 1 atom stereocenters. The average Bonchev–Trinajstić information content (AvgIpc) is 2.21. The predicted octanol–water partition coefficient (Wildman–Crippen LogP) is 0.950. The van der Waals surface area contributed by atoms with Gasteiger partial charge in [-0.05, 0) is 38.3 Å². The van der Waals surface area contributed by atoms with Gasteiger partial charge in [0.05, 0.1) is 6.04 Å². The SMILES string of the molecule is CNC1CCCN(CCCSC)C1=O. The van der Waals surface area contributed by atoms with Gasteiger partial charge in [0, 0.05) is 13.1 Å². The molecule has 1 aliphatic rings. The molecule has 0 bridgehead atoms. The van der Waals surface area contributed by atoms with Crippen molar-refractivity contribution in [1.29, 1.82) is 0 Å². The number of likely N-dealkylation sites (N-methyl/N-ethyl adjacent to an activating group) is 1. The number of nitrogens with one attached hydrogen (secondary N) is 1. The molecule has 4 heteroatoms. The first-order valence-electron chi connectivity index (χ1n) is 5.24. The Bertz CT molecular complexity index is 187. The van der Waals surface area contributed by atoms with Crippen LogP contribution in [0.5, 0.6) is 0 Å². The van der Waals surface area contributed by atoms with Crippen molar-refractivity contribution in [3.8, 4) is 0 Å². The Morgan fingerprint density at radius 2 is 2.43 bits per heavy atom. The van der Waals surface area contributed by atoms with Crippen molar-refractivity contribution in [3.63, 3.8) is 0 Å². The van der Waals surface area contributed by atoms with Crippen LogP contribution in [0.25, 0.3) is 0 Å². The Labute approximate surface area is 90.6 Å². The van der Waals surface area contributed by atoms with Crippen molar-refractivity contribution in [2.45, 2.75) is 25.3 Å². The highest BCUT2D eigenvalue weighted by molar-refractivity contribution is 7.98. The van der Waals surface area contributed by atoms with Crippen LogP contribution >= 0.6 is 11.8 Å². The third-order valence-electron chi connectivity index (χ3n) is 2.66. The van der Waals surface area contributed by atoms with Crippen LogP contribution < -0.4 is 5.32 Å². The zero-order valence-corrected chi connectivity index (χ0v) is 9.90. The van der Waals surface area contributed by atoms with Crippen molar-refractivity contribution in [1.82, 2.24) is 10.2 Å². The van der Waals surface area contributed by atoms with Gasteiger partial charge < -0.3 is 10.2 Å². The molecule has 1 rings (SSSR count). The van der Waals surface area contributed by atoms with E-state index in [0.29, 0.717) is 5.91 Å². The monoisotopic (exact) mass is 216 g/mol. The Hall–Kier alpha value is -0.220. The summed E-state index contributed by atoms with van der Waals surface area (Å²) in [5, 5.41) is 3.08. The number of amides is 1. The Balaban J connectivity index is 2.32. The van der Waals surface area contributed by atoms with E-state index in [9.17, 15) is 4.79 Å². The van der Waals surface area contributed by atoms with Crippen molar-refractivity contribution < 1.29 is 4.79 Å². The molecular formula is C10H20N2OS. The summed E-state index contributed by atoms with van der Waals surface area (Å²) in [6.07, 6.45) is 5.35. The highest BCUT2D eigenvalue weighted by Crippen LogP contribution is 2.12. The van der Waals surface area contributed by atoms with Crippen LogP contribution in [-0.4, -0.2) is 49.0 Å². The van der Waals surface area contributed by atoms with Crippen LogP contribution in [0.4, 0.5) is 0 Å². The Kier molecular flexibility index (Phi) is 5.33. The number of rotatable bonds is 5. The topological polar surface area (TPSA) is 32.3 Å². The van der Waals surface area contributed by atoms with E-state index in [1.165, 1.54) is 0 Å². The molecular weight excluding hydrogens is 196 g/mol. The number of piperidine rings is 1.